The Morgan fingerprint density at radius 1 is 1.60 bits per heavy atom. The van der Waals surface area contributed by atoms with E-state index < -0.39 is 5.60 Å². The Morgan fingerprint density at radius 3 is 2.50 bits per heavy atom. The lowest BCUT2D eigenvalue weighted by atomic mass is 9.85. The monoisotopic (exact) mass is 165 g/mol. The molecule has 3 heteroatoms. The minimum atomic E-state index is -0.474. The van der Waals surface area contributed by atoms with Gasteiger partial charge >= 0.3 is 0 Å². The van der Waals surface area contributed by atoms with Gasteiger partial charge in [-0.25, -0.2) is 0 Å². The second-order valence-corrected chi connectivity index (χ2v) is 3.22. The second kappa shape index (κ2) is 3.56. The molecule has 1 fully saturated rings. The van der Waals surface area contributed by atoms with Crippen LogP contribution >= 0.6 is 12.4 Å². The molecule has 0 unspecified atom stereocenters. The zero-order chi connectivity index (χ0) is 6.91. The number of β-amino-alcohol motifs (C(OH)–C–C–N with tert-alkyl or cyclic N) is 1. The summed E-state index contributed by atoms with van der Waals surface area (Å²) in [5.41, 5.74) is -0.474. The number of piperidine rings is 1. The van der Waals surface area contributed by atoms with Gasteiger partial charge in [0.1, 0.15) is 0 Å². The first-order valence-corrected chi connectivity index (χ1v) is 3.56. The molecule has 2 nitrogen and oxygen atoms in total. The first-order chi connectivity index (χ1) is 4.13. The van der Waals surface area contributed by atoms with Crippen LogP contribution in [0.3, 0.4) is 0 Å². The maximum atomic E-state index is 9.58. The van der Waals surface area contributed by atoms with Crippen molar-refractivity contribution in [1.29, 1.82) is 0 Å². The van der Waals surface area contributed by atoms with Gasteiger partial charge in [0.05, 0.1) is 5.60 Å². The van der Waals surface area contributed by atoms with E-state index in [2.05, 4.69) is 12.2 Å². The zero-order valence-corrected chi connectivity index (χ0v) is 7.37. The Labute approximate surface area is 68.4 Å². The van der Waals surface area contributed by atoms with Crippen molar-refractivity contribution in [3.63, 3.8) is 0 Å². The smallest absolute Gasteiger partial charge is 0.0769 e. The average molecular weight is 166 g/mol. The molecule has 0 aliphatic carbocycles. The molecule has 1 heterocycles. The fourth-order valence-corrected chi connectivity index (χ4v) is 1.15. The van der Waals surface area contributed by atoms with Crippen molar-refractivity contribution in [2.75, 3.05) is 13.1 Å². The van der Waals surface area contributed by atoms with Gasteiger partial charge in [-0.15, -0.1) is 12.4 Å². The highest BCUT2D eigenvalue weighted by Crippen LogP contribution is 2.21. The van der Waals surface area contributed by atoms with E-state index in [0.29, 0.717) is 5.92 Å². The molecule has 0 spiro atoms. The molecular formula is C7H16ClNO. The van der Waals surface area contributed by atoms with Crippen molar-refractivity contribution >= 4 is 12.4 Å². The summed E-state index contributed by atoms with van der Waals surface area (Å²) in [7, 11) is 0. The van der Waals surface area contributed by atoms with Crippen molar-refractivity contribution in [2.45, 2.75) is 25.9 Å². The SMILES string of the molecule is C[C@@H]1CCNC[C@]1(C)O.Cl. The molecule has 1 saturated heterocycles. The number of rotatable bonds is 0. The first kappa shape index (κ1) is 10.2. The molecule has 10 heavy (non-hydrogen) atoms. The topological polar surface area (TPSA) is 32.3 Å². The van der Waals surface area contributed by atoms with Gasteiger partial charge in [0, 0.05) is 6.54 Å². The number of aliphatic hydroxyl groups is 1. The molecule has 0 bridgehead atoms. The summed E-state index contributed by atoms with van der Waals surface area (Å²) in [4.78, 5) is 0. The van der Waals surface area contributed by atoms with Gasteiger partial charge in [0.25, 0.3) is 0 Å². The largest absolute Gasteiger partial charge is 0.389 e. The molecular weight excluding hydrogens is 150 g/mol. The van der Waals surface area contributed by atoms with Crippen LogP contribution in [0.15, 0.2) is 0 Å². The van der Waals surface area contributed by atoms with Crippen LogP contribution in [0.4, 0.5) is 0 Å². The van der Waals surface area contributed by atoms with Crippen molar-refractivity contribution in [3.8, 4) is 0 Å². The van der Waals surface area contributed by atoms with Crippen LogP contribution < -0.4 is 5.32 Å². The van der Waals surface area contributed by atoms with E-state index >= 15 is 0 Å². The summed E-state index contributed by atoms with van der Waals surface area (Å²) in [5, 5.41) is 12.7. The van der Waals surface area contributed by atoms with Crippen molar-refractivity contribution in [1.82, 2.24) is 5.32 Å². The summed E-state index contributed by atoms with van der Waals surface area (Å²) in [6.45, 7) is 5.79. The predicted molar refractivity (Wildman–Crippen MR) is 44.5 cm³/mol. The Bertz CT molecular complexity index is 106. The minimum absolute atomic E-state index is 0. The third-order valence-electron chi connectivity index (χ3n) is 2.30. The van der Waals surface area contributed by atoms with Gasteiger partial charge in [0.2, 0.25) is 0 Å². The number of hydrogen-bond donors (Lipinski definition) is 2. The third-order valence-corrected chi connectivity index (χ3v) is 2.30. The molecule has 2 atom stereocenters. The van der Waals surface area contributed by atoms with Crippen molar-refractivity contribution in [2.24, 2.45) is 5.92 Å². The Balaban J connectivity index is 0.000000810. The summed E-state index contributed by atoms with van der Waals surface area (Å²) >= 11 is 0. The Hall–Kier alpha value is 0.210. The lowest BCUT2D eigenvalue weighted by molar-refractivity contribution is -0.0115. The molecule has 0 aromatic heterocycles. The van der Waals surface area contributed by atoms with Crippen LogP contribution in [0.2, 0.25) is 0 Å². The van der Waals surface area contributed by atoms with Crippen LogP contribution in [-0.4, -0.2) is 23.8 Å². The highest BCUT2D eigenvalue weighted by Gasteiger charge is 2.30. The summed E-state index contributed by atoms with van der Waals surface area (Å²) in [6, 6.07) is 0. The molecule has 0 aromatic rings. The zero-order valence-electron chi connectivity index (χ0n) is 6.55. The number of hydrogen-bond acceptors (Lipinski definition) is 2. The molecule has 1 aliphatic heterocycles. The maximum absolute atomic E-state index is 9.58. The van der Waals surface area contributed by atoms with E-state index in [1.54, 1.807) is 0 Å². The molecule has 0 radical (unpaired) electrons. The standard InChI is InChI=1S/C7H15NO.ClH/c1-6-3-4-8-5-7(6,2)9;/h6,8-9H,3-5H2,1-2H3;1H/t6-,7+;/m1./s1. The highest BCUT2D eigenvalue weighted by atomic mass is 35.5. The summed E-state index contributed by atoms with van der Waals surface area (Å²) < 4.78 is 0. The van der Waals surface area contributed by atoms with E-state index in [9.17, 15) is 5.11 Å². The highest BCUT2D eigenvalue weighted by molar-refractivity contribution is 5.85. The molecule has 1 aliphatic rings. The van der Waals surface area contributed by atoms with Crippen molar-refractivity contribution < 1.29 is 5.11 Å². The fourth-order valence-electron chi connectivity index (χ4n) is 1.15. The average Bonchev–Trinajstić information content (AvgIpc) is 1.77. The molecule has 2 N–H and O–H groups in total. The lowest BCUT2D eigenvalue weighted by Gasteiger charge is -2.35. The van der Waals surface area contributed by atoms with Crippen molar-refractivity contribution in [3.05, 3.63) is 0 Å². The van der Waals surface area contributed by atoms with E-state index in [1.807, 2.05) is 6.92 Å². The van der Waals surface area contributed by atoms with E-state index in [0.717, 1.165) is 19.5 Å². The molecule has 1 rings (SSSR count). The van der Waals surface area contributed by atoms with Crippen LogP contribution in [0, 0.1) is 5.92 Å². The quantitative estimate of drug-likeness (QED) is 0.557. The van der Waals surface area contributed by atoms with Crippen LogP contribution in [0.25, 0.3) is 0 Å². The first-order valence-electron chi connectivity index (χ1n) is 3.56. The summed E-state index contributed by atoms with van der Waals surface area (Å²) in [6.07, 6.45) is 1.09. The van der Waals surface area contributed by atoms with Gasteiger partial charge in [-0.05, 0) is 25.8 Å². The van der Waals surface area contributed by atoms with Gasteiger partial charge < -0.3 is 10.4 Å². The normalized spacial score (nSPS) is 40.5. The van der Waals surface area contributed by atoms with Gasteiger partial charge in [-0.2, -0.15) is 0 Å². The van der Waals surface area contributed by atoms with Gasteiger partial charge in [-0.1, -0.05) is 6.92 Å². The van der Waals surface area contributed by atoms with Gasteiger partial charge in [0.15, 0.2) is 0 Å². The Kier molecular flexibility index (Phi) is 3.63. The predicted octanol–water partition coefficient (Wildman–Crippen LogP) is 0.789. The number of halogens is 1. The van der Waals surface area contributed by atoms with Crippen LogP contribution in [0.5, 0.6) is 0 Å². The maximum Gasteiger partial charge on any atom is 0.0769 e. The van der Waals surface area contributed by atoms with E-state index in [-0.39, 0.29) is 12.4 Å². The van der Waals surface area contributed by atoms with E-state index in [1.165, 1.54) is 0 Å². The molecule has 62 valence electrons. The molecule has 0 aromatic carbocycles. The lowest BCUT2D eigenvalue weighted by Crippen LogP contribution is -2.48. The fraction of sp³-hybridized carbons (Fsp3) is 1.00. The Morgan fingerprint density at radius 2 is 2.20 bits per heavy atom. The summed E-state index contributed by atoms with van der Waals surface area (Å²) in [5.74, 6) is 0.443. The van der Waals surface area contributed by atoms with Crippen LogP contribution in [-0.2, 0) is 0 Å². The van der Waals surface area contributed by atoms with Crippen LogP contribution in [0.1, 0.15) is 20.3 Å². The number of nitrogens with one attached hydrogen (secondary N) is 1. The molecule has 0 amide bonds. The minimum Gasteiger partial charge on any atom is -0.389 e. The van der Waals surface area contributed by atoms with Gasteiger partial charge in [-0.3, -0.25) is 0 Å². The molecule has 0 saturated carbocycles. The second-order valence-electron chi connectivity index (χ2n) is 3.22. The van der Waals surface area contributed by atoms with E-state index in [4.69, 9.17) is 0 Å². The third kappa shape index (κ3) is 2.11.